The van der Waals surface area contributed by atoms with Crippen molar-refractivity contribution in [3.63, 3.8) is 0 Å². The van der Waals surface area contributed by atoms with E-state index in [2.05, 4.69) is 12.2 Å². The maximum absolute atomic E-state index is 12.9. The van der Waals surface area contributed by atoms with E-state index in [0.29, 0.717) is 12.8 Å². The Bertz CT molecular complexity index is 637. The molecule has 2 amide bonds. The highest BCUT2D eigenvalue weighted by Crippen LogP contribution is 2.31. The largest absolute Gasteiger partial charge is 0.494 e. The number of nitrogens with one attached hydrogen (secondary N) is 1. The Hall–Kier alpha value is -2.04. The third-order valence-corrected chi connectivity index (χ3v) is 5.78. The second-order valence-electron chi connectivity index (χ2n) is 7.80. The number of carbonyl (C=O) groups is 2. The summed E-state index contributed by atoms with van der Waals surface area (Å²) in [5.74, 6) is 0.978. The lowest BCUT2D eigenvalue weighted by Crippen LogP contribution is -2.49. The number of benzene rings is 1. The summed E-state index contributed by atoms with van der Waals surface area (Å²) in [5.41, 5.74) is 1.04. The van der Waals surface area contributed by atoms with Crippen molar-refractivity contribution in [1.82, 2.24) is 10.2 Å². The first-order valence-corrected chi connectivity index (χ1v) is 10.4. The minimum Gasteiger partial charge on any atom is -0.494 e. The molecule has 1 aliphatic heterocycles. The number of ether oxygens (including phenoxy) is 1. The van der Waals surface area contributed by atoms with Gasteiger partial charge in [0.25, 0.3) is 0 Å². The molecule has 1 heterocycles. The molecule has 148 valence electrons. The Morgan fingerprint density at radius 3 is 2.59 bits per heavy atom. The van der Waals surface area contributed by atoms with Crippen LogP contribution in [0.4, 0.5) is 0 Å². The molecule has 3 rings (SSSR count). The minimum absolute atomic E-state index is 0.0245. The Labute approximate surface area is 162 Å². The normalized spacial score (nSPS) is 21.5. The Balaban J connectivity index is 1.57. The lowest BCUT2D eigenvalue weighted by molar-refractivity contribution is -0.137. The third kappa shape index (κ3) is 4.82. The van der Waals surface area contributed by atoms with Crippen LogP contribution in [0.1, 0.15) is 76.8 Å². The molecule has 1 saturated carbocycles. The summed E-state index contributed by atoms with van der Waals surface area (Å²) in [6.07, 6.45) is 7.67. The zero-order valence-electron chi connectivity index (χ0n) is 16.6. The summed E-state index contributed by atoms with van der Waals surface area (Å²) in [4.78, 5) is 27.0. The number of nitrogens with zero attached hydrogens (tertiary/aromatic N) is 1. The highest BCUT2D eigenvalue weighted by Gasteiger charge is 2.41. The van der Waals surface area contributed by atoms with Crippen molar-refractivity contribution in [2.75, 3.05) is 6.61 Å². The van der Waals surface area contributed by atoms with Crippen LogP contribution in [-0.2, 0) is 9.59 Å². The summed E-state index contributed by atoms with van der Waals surface area (Å²) in [7, 11) is 0. The molecule has 0 radical (unpaired) electrons. The minimum atomic E-state index is -0.306. The average molecular weight is 373 g/mol. The van der Waals surface area contributed by atoms with Gasteiger partial charge < -0.3 is 15.0 Å². The van der Waals surface area contributed by atoms with Crippen molar-refractivity contribution < 1.29 is 14.3 Å². The molecule has 2 aliphatic rings. The molecule has 1 aliphatic carbocycles. The van der Waals surface area contributed by atoms with Gasteiger partial charge in [0.15, 0.2) is 0 Å². The number of unbranched alkanes of at least 4 members (excludes halogenated alkanes) is 1. The smallest absolute Gasteiger partial charge is 0.243 e. The molecular formula is C22H32N2O3. The Kier molecular flexibility index (Phi) is 6.75. The van der Waals surface area contributed by atoms with Crippen LogP contribution in [-0.4, -0.2) is 35.4 Å². The molecule has 2 fully saturated rings. The first kappa shape index (κ1) is 19.7. The van der Waals surface area contributed by atoms with Crippen LogP contribution in [0.5, 0.6) is 5.75 Å². The predicted molar refractivity (Wildman–Crippen MR) is 106 cm³/mol. The van der Waals surface area contributed by atoms with Gasteiger partial charge in [-0.2, -0.15) is 0 Å². The van der Waals surface area contributed by atoms with Gasteiger partial charge in [0.1, 0.15) is 11.8 Å². The number of hydrogen-bond acceptors (Lipinski definition) is 3. The van der Waals surface area contributed by atoms with Crippen LogP contribution in [0.3, 0.4) is 0 Å². The van der Waals surface area contributed by atoms with E-state index in [1.54, 1.807) is 0 Å². The molecule has 5 nitrogen and oxygen atoms in total. The average Bonchev–Trinajstić information content (AvgIpc) is 3.31. The Morgan fingerprint density at radius 1 is 1.22 bits per heavy atom. The van der Waals surface area contributed by atoms with Crippen LogP contribution >= 0.6 is 0 Å². The van der Waals surface area contributed by atoms with Gasteiger partial charge in [0, 0.05) is 12.5 Å². The summed E-state index contributed by atoms with van der Waals surface area (Å²) in [5, 5.41) is 3.11. The van der Waals surface area contributed by atoms with Crippen LogP contribution in [0.2, 0.25) is 0 Å². The van der Waals surface area contributed by atoms with E-state index in [-0.39, 0.29) is 29.9 Å². The first-order valence-electron chi connectivity index (χ1n) is 10.4. The van der Waals surface area contributed by atoms with E-state index in [0.717, 1.165) is 56.4 Å². The maximum Gasteiger partial charge on any atom is 0.243 e. The SMILES string of the molecule is CCCCOc1ccc(C(C)NC(=O)C2CCC(=O)N2C2CCCC2)cc1. The molecular weight excluding hydrogens is 340 g/mol. The highest BCUT2D eigenvalue weighted by molar-refractivity contribution is 5.91. The third-order valence-electron chi connectivity index (χ3n) is 5.78. The van der Waals surface area contributed by atoms with E-state index in [1.165, 1.54) is 0 Å². The fourth-order valence-corrected chi connectivity index (χ4v) is 4.18. The van der Waals surface area contributed by atoms with E-state index in [4.69, 9.17) is 4.74 Å². The monoisotopic (exact) mass is 372 g/mol. The number of hydrogen-bond donors (Lipinski definition) is 1. The zero-order chi connectivity index (χ0) is 19.2. The summed E-state index contributed by atoms with van der Waals surface area (Å²) < 4.78 is 5.69. The number of rotatable bonds is 8. The molecule has 0 aromatic heterocycles. The van der Waals surface area contributed by atoms with Crippen LogP contribution in [0, 0.1) is 0 Å². The highest BCUT2D eigenvalue weighted by atomic mass is 16.5. The Morgan fingerprint density at radius 2 is 1.93 bits per heavy atom. The lowest BCUT2D eigenvalue weighted by Gasteiger charge is -2.30. The van der Waals surface area contributed by atoms with Gasteiger partial charge in [-0.05, 0) is 50.3 Å². The molecule has 1 saturated heterocycles. The van der Waals surface area contributed by atoms with Gasteiger partial charge in [0.2, 0.25) is 11.8 Å². The van der Waals surface area contributed by atoms with Crippen LogP contribution in [0.15, 0.2) is 24.3 Å². The molecule has 1 N–H and O–H groups in total. The van der Waals surface area contributed by atoms with Crippen molar-refractivity contribution in [2.24, 2.45) is 0 Å². The lowest BCUT2D eigenvalue weighted by atomic mass is 10.1. The number of likely N-dealkylation sites (tertiary alicyclic amines) is 1. The fourth-order valence-electron chi connectivity index (χ4n) is 4.18. The molecule has 0 spiro atoms. The van der Waals surface area contributed by atoms with Gasteiger partial charge >= 0.3 is 0 Å². The van der Waals surface area contributed by atoms with Crippen LogP contribution in [0.25, 0.3) is 0 Å². The molecule has 2 atom stereocenters. The van der Waals surface area contributed by atoms with Crippen molar-refractivity contribution >= 4 is 11.8 Å². The maximum atomic E-state index is 12.9. The second-order valence-corrected chi connectivity index (χ2v) is 7.80. The van der Waals surface area contributed by atoms with Gasteiger partial charge in [-0.1, -0.05) is 38.3 Å². The number of carbonyl (C=O) groups excluding carboxylic acids is 2. The molecule has 1 aromatic carbocycles. The quantitative estimate of drug-likeness (QED) is 0.702. The van der Waals surface area contributed by atoms with E-state index >= 15 is 0 Å². The van der Waals surface area contributed by atoms with E-state index in [1.807, 2.05) is 36.1 Å². The summed E-state index contributed by atoms with van der Waals surface area (Å²) in [6.45, 7) is 4.86. The summed E-state index contributed by atoms with van der Waals surface area (Å²) in [6, 6.07) is 7.77. The van der Waals surface area contributed by atoms with Gasteiger partial charge in [0.05, 0.1) is 12.6 Å². The molecule has 0 bridgehead atoms. The van der Waals surface area contributed by atoms with Crippen molar-refractivity contribution in [2.45, 2.75) is 83.3 Å². The topological polar surface area (TPSA) is 58.6 Å². The molecule has 27 heavy (non-hydrogen) atoms. The molecule has 1 aromatic rings. The first-order chi connectivity index (χ1) is 13.1. The van der Waals surface area contributed by atoms with E-state index < -0.39 is 0 Å². The molecule has 2 unspecified atom stereocenters. The van der Waals surface area contributed by atoms with Gasteiger partial charge in [-0.25, -0.2) is 0 Å². The predicted octanol–water partition coefficient (Wildman–Crippen LogP) is 3.98. The number of amides is 2. The standard InChI is InChI=1S/C22H32N2O3/c1-3-4-15-27-19-11-9-17(10-12-19)16(2)23-22(26)20-13-14-21(25)24(20)18-7-5-6-8-18/h9-12,16,18,20H,3-8,13-15H2,1-2H3,(H,23,26). The van der Waals surface area contributed by atoms with E-state index in [9.17, 15) is 9.59 Å². The van der Waals surface area contributed by atoms with Crippen molar-refractivity contribution in [3.05, 3.63) is 29.8 Å². The molecule has 5 heteroatoms. The fraction of sp³-hybridized carbons (Fsp3) is 0.636. The van der Waals surface area contributed by atoms with Gasteiger partial charge in [-0.3, -0.25) is 9.59 Å². The zero-order valence-corrected chi connectivity index (χ0v) is 16.6. The van der Waals surface area contributed by atoms with Gasteiger partial charge in [-0.15, -0.1) is 0 Å². The van der Waals surface area contributed by atoms with Crippen molar-refractivity contribution in [1.29, 1.82) is 0 Å². The summed E-state index contributed by atoms with van der Waals surface area (Å²) >= 11 is 0. The second kappa shape index (κ2) is 9.25. The van der Waals surface area contributed by atoms with Crippen molar-refractivity contribution in [3.8, 4) is 5.75 Å². The van der Waals surface area contributed by atoms with Crippen LogP contribution < -0.4 is 10.1 Å².